The third-order valence-corrected chi connectivity index (χ3v) is 4.05. The number of carbonyl (C=O) groups excluding carboxylic acids is 2. The van der Waals surface area contributed by atoms with E-state index in [-0.39, 0.29) is 13.0 Å². The molecular formula is C13H22N2O8. The fourth-order valence-electron chi connectivity index (χ4n) is 2.77. The number of hydrogen-bond acceptors (Lipinski definition) is 8. The van der Waals surface area contributed by atoms with Crippen LogP contribution in [0.25, 0.3) is 0 Å². The predicted octanol–water partition coefficient (Wildman–Crippen LogP) is -3.19. The van der Waals surface area contributed by atoms with Crippen LogP contribution in [0.1, 0.15) is 13.3 Å². The van der Waals surface area contributed by atoms with Gasteiger partial charge in [0.2, 0.25) is 12.8 Å². The standard InChI is InChI=1S/C13H22N2O8/c1-6-10(15-5-17)12(11(19)13(20)22-6)23-9-2-8(18)7(3-21-9)14-4-16/h4-13,18-20H,2-3H2,1H3,(H,14,16)(H,15,17)/t6-,7-,8-,9-,10-,11+,12+,13+/m1/s1. The first-order valence-corrected chi connectivity index (χ1v) is 7.34. The topological polar surface area (TPSA) is 147 Å². The molecular weight excluding hydrogens is 312 g/mol. The Morgan fingerprint density at radius 2 is 1.87 bits per heavy atom. The molecule has 0 unspecified atom stereocenters. The summed E-state index contributed by atoms with van der Waals surface area (Å²) in [7, 11) is 0. The van der Waals surface area contributed by atoms with Crippen molar-refractivity contribution in [3.8, 4) is 0 Å². The van der Waals surface area contributed by atoms with Gasteiger partial charge in [-0.25, -0.2) is 0 Å². The largest absolute Gasteiger partial charge is 0.391 e. The number of nitrogens with one attached hydrogen (secondary N) is 2. The Labute approximate surface area is 132 Å². The molecule has 10 nitrogen and oxygen atoms in total. The average molecular weight is 334 g/mol. The highest BCUT2D eigenvalue weighted by Gasteiger charge is 2.45. The summed E-state index contributed by atoms with van der Waals surface area (Å²) in [6.07, 6.45) is -5.18. The van der Waals surface area contributed by atoms with Gasteiger partial charge in [0, 0.05) is 6.42 Å². The van der Waals surface area contributed by atoms with Crippen LogP contribution in [0, 0.1) is 0 Å². The number of carbonyl (C=O) groups is 2. The molecule has 2 aliphatic rings. The van der Waals surface area contributed by atoms with Crippen LogP contribution in [0.4, 0.5) is 0 Å². The minimum absolute atomic E-state index is 0.0355. The van der Waals surface area contributed by atoms with Crippen LogP contribution in [0.2, 0.25) is 0 Å². The smallest absolute Gasteiger partial charge is 0.207 e. The van der Waals surface area contributed by atoms with Crippen molar-refractivity contribution in [2.45, 2.75) is 62.4 Å². The molecule has 10 heteroatoms. The summed E-state index contributed by atoms with van der Waals surface area (Å²) < 4.78 is 16.2. The van der Waals surface area contributed by atoms with Crippen LogP contribution in [-0.4, -0.2) is 83.8 Å². The molecule has 2 amide bonds. The first-order valence-electron chi connectivity index (χ1n) is 7.34. The Balaban J connectivity index is 2.00. The van der Waals surface area contributed by atoms with Crippen LogP contribution >= 0.6 is 0 Å². The minimum Gasteiger partial charge on any atom is -0.391 e. The highest BCUT2D eigenvalue weighted by molar-refractivity contribution is 5.47. The Hall–Kier alpha value is -1.30. The molecule has 0 saturated carbocycles. The van der Waals surface area contributed by atoms with Gasteiger partial charge in [-0.3, -0.25) is 9.59 Å². The van der Waals surface area contributed by atoms with Crippen LogP contribution in [0.15, 0.2) is 0 Å². The van der Waals surface area contributed by atoms with Gasteiger partial charge < -0.3 is 40.2 Å². The second-order valence-corrected chi connectivity index (χ2v) is 5.59. The maximum Gasteiger partial charge on any atom is 0.207 e. The van der Waals surface area contributed by atoms with E-state index in [4.69, 9.17) is 14.2 Å². The van der Waals surface area contributed by atoms with Crippen molar-refractivity contribution in [3.05, 3.63) is 0 Å². The molecule has 0 spiro atoms. The van der Waals surface area contributed by atoms with E-state index in [1.54, 1.807) is 6.92 Å². The van der Waals surface area contributed by atoms with Crippen molar-refractivity contribution in [2.75, 3.05) is 6.61 Å². The normalized spacial score (nSPS) is 44.3. The van der Waals surface area contributed by atoms with Gasteiger partial charge in [-0.05, 0) is 6.92 Å². The molecule has 5 N–H and O–H groups in total. The second-order valence-electron chi connectivity index (χ2n) is 5.59. The van der Waals surface area contributed by atoms with Crippen LogP contribution < -0.4 is 10.6 Å². The van der Waals surface area contributed by atoms with Gasteiger partial charge in [0.05, 0.1) is 30.9 Å². The van der Waals surface area contributed by atoms with Crippen molar-refractivity contribution >= 4 is 12.8 Å². The van der Waals surface area contributed by atoms with Crippen molar-refractivity contribution in [1.29, 1.82) is 0 Å². The molecule has 8 atom stereocenters. The van der Waals surface area contributed by atoms with Crippen molar-refractivity contribution in [2.24, 2.45) is 0 Å². The Kier molecular flexibility index (Phi) is 6.27. The van der Waals surface area contributed by atoms with Gasteiger partial charge in [0.25, 0.3) is 0 Å². The summed E-state index contributed by atoms with van der Waals surface area (Å²) in [5, 5.41) is 34.6. The number of rotatable bonds is 6. The van der Waals surface area contributed by atoms with E-state index in [1.165, 1.54) is 0 Å². The molecule has 2 heterocycles. The summed E-state index contributed by atoms with van der Waals surface area (Å²) in [6.45, 7) is 1.65. The SMILES string of the molecule is C[C@H]1O[C@H](O)[C@@H](O)[C@@H](O[C@@H]2C[C@@H](O)[C@H](NC=O)CO2)[C@@H]1NC=O. The van der Waals surface area contributed by atoms with Gasteiger partial charge >= 0.3 is 0 Å². The number of amides is 2. The molecule has 0 radical (unpaired) electrons. The highest BCUT2D eigenvalue weighted by atomic mass is 16.7. The van der Waals surface area contributed by atoms with Gasteiger partial charge in [-0.2, -0.15) is 0 Å². The molecule has 2 aliphatic heterocycles. The molecule has 0 aromatic carbocycles. The zero-order valence-corrected chi connectivity index (χ0v) is 12.6. The van der Waals surface area contributed by atoms with Gasteiger partial charge in [-0.1, -0.05) is 0 Å². The van der Waals surface area contributed by atoms with Crippen molar-refractivity contribution in [1.82, 2.24) is 10.6 Å². The van der Waals surface area contributed by atoms with E-state index >= 15 is 0 Å². The molecule has 0 bridgehead atoms. The maximum absolute atomic E-state index is 10.7. The van der Waals surface area contributed by atoms with E-state index in [9.17, 15) is 24.9 Å². The van der Waals surface area contributed by atoms with Crippen LogP contribution in [0.3, 0.4) is 0 Å². The number of aliphatic hydroxyl groups is 3. The van der Waals surface area contributed by atoms with E-state index in [0.717, 1.165) is 0 Å². The van der Waals surface area contributed by atoms with E-state index < -0.39 is 49.1 Å². The van der Waals surface area contributed by atoms with E-state index in [1.807, 2.05) is 0 Å². The molecule has 2 fully saturated rings. The first kappa shape index (κ1) is 18.0. The molecule has 0 aliphatic carbocycles. The predicted molar refractivity (Wildman–Crippen MR) is 73.8 cm³/mol. The van der Waals surface area contributed by atoms with Crippen LogP contribution in [-0.2, 0) is 23.8 Å². The summed E-state index contributed by atoms with van der Waals surface area (Å²) in [6, 6.07) is -1.24. The molecule has 23 heavy (non-hydrogen) atoms. The average Bonchev–Trinajstić information content (AvgIpc) is 2.51. The third kappa shape index (κ3) is 4.16. The van der Waals surface area contributed by atoms with Gasteiger partial charge in [0.1, 0.15) is 12.2 Å². The first-order chi connectivity index (χ1) is 11.0. The number of hydrogen-bond donors (Lipinski definition) is 5. The minimum atomic E-state index is -1.46. The van der Waals surface area contributed by atoms with Crippen molar-refractivity contribution < 1.29 is 39.1 Å². The lowest BCUT2D eigenvalue weighted by Crippen LogP contribution is -2.63. The van der Waals surface area contributed by atoms with Gasteiger partial charge in [-0.15, -0.1) is 0 Å². The van der Waals surface area contributed by atoms with E-state index in [2.05, 4.69) is 10.6 Å². The molecule has 0 aromatic rings. The lowest BCUT2D eigenvalue weighted by molar-refractivity contribution is -0.298. The lowest BCUT2D eigenvalue weighted by Gasteiger charge is -2.44. The monoisotopic (exact) mass is 334 g/mol. The fraction of sp³-hybridized carbons (Fsp3) is 0.846. The number of ether oxygens (including phenoxy) is 3. The second kappa shape index (κ2) is 7.99. The summed E-state index contributed by atoms with van der Waals surface area (Å²) in [5.74, 6) is 0. The van der Waals surface area contributed by atoms with Crippen molar-refractivity contribution in [3.63, 3.8) is 0 Å². The zero-order chi connectivity index (χ0) is 17.0. The molecule has 0 aromatic heterocycles. The fourth-order valence-corrected chi connectivity index (χ4v) is 2.77. The van der Waals surface area contributed by atoms with Gasteiger partial charge in [0.15, 0.2) is 12.6 Å². The summed E-state index contributed by atoms with van der Waals surface area (Å²) in [4.78, 5) is 21.2. The lowest BCUT2D eigenvalue weighted by atomic mass is 9.96. The molecule has 132 valence electrons. The van der Waals surface area contributed by atoms with E-state index in [0.29, 0.717) is 12.8 Å². The molecule has 2 rings (SSSR count). The highest BCUT2D eigenvalue weighted by Crippen LogP contribution is 2.26. The quantitative estimate of drug-likeness (QED) is 0.319. The zero-order valence-electron chi connectivity index (χ0n) is 12.6. The Morgan fingerprint density at radius 3 is 2.48 bits per heavy atom. The Bertz CT molecular complexity index is 411. The summed E-state index contributed by atoms with van der Waals surface area (Å²) >= 11 is 0. The number of aliphatic hydroxyl groups excluding tert-OH is 3. The maximum atomic E-state index is 10.7. The summed E-state index contributed by atoms with van der Waals surface area (Å²) in [5.41, 5.74) is 0. The molecule has 2 saturated heterocycles. The third-order valence-electron chi connectivity index (χ3n) is 4.05. The van der Waals surface area contributed by atoms with Crippen LogP contribution in [0.5, 0.6) is 0 Å². The Morgan fingerprint density at radius 1 is 1.17 bits per heavy atom.